The van der Waals surface area contributed by atoms with Crippen LogP contribution in [0.25, 0.3) is 0 Å². The molecule has 0 radical (unpaired) electrons. The van der Waals surface area contributed by atoms with Gasteiger partial charge in [0.25, 0.3) is 5.91 Å². The highest BCUT2D eigenvalue weighted by Crippen LogP contribution is 2.36. The van der Waals surface area contributed by atoms with Gasteiger partial charge in [-0.05, 0) is 54.8 Å². The number of carbonyl (C=O) groups excluding carboxylic acids is 4. The van der Waals surface area contributed by atoms with Crippen LogP contribution in [0, 0.1) is 5.92 Å². The van der Waals surface area contributed by atoms with Crippen molar-refractivity contribution in [3.63, 3.8) is 0 Å². The second kappa shape index (κ2) is 9.17. The van der Waals surface area contributed by atoms with Crippen LogP contribution in [0.3, 0.4) is 0 Å². The number of hydrogen-bond donors (Lipinski definition) is 2. The summed E-state index contributed by atoms with van der Waals surface area (Å²) in [6.07, 6.45) is 0.398. The van der Waals surface area contributed by atoms with Gasteiger partial charge in [0.05, 0.1) is 6.54 Å². The minimum Gasteiger partial charge on any atom is -0.486 e. The van der Waals surface area contributed by atoms with Crippen LogP contribution in [0.15, 0.2) is 42.5 Å². The topological polar surface area (TPSA) is 114 Å². The van der Waals surface area contributed by atoms with E-state index < -0.39 is 29.8 Å². The van der Waals surface area contributed by atoms with E-state index in [1.165, 1.54) is 0 Å². The van der Waals surface area contributed by atoms with Gasteiger partial charge in [0.15, 0.2) is 17.3 Å². The highest BCUT2D eigenvalue weighted by Gasteiger charge is 2.49. The lowest BCUT2D eigenvalue weighted by Crippen LogP contribution is -2.41. The summed E-state index contributed by atoms with van der Waals surface area (Å²) in [5, 5.41) is 5.48. The molecular formula is C25H27N3O6. The first-order valence-electron chi connectivity index (χ1n) is 11.1. The molecule has 4 amide bonds. The fraction of sp³-hybridized carbons (Fsp3) is 0.360. The van der Waals surface area contributed by atoms with Crippen molar-refractivity contribution in [3.05, 3.63) is 53.6 Å². The van der Waals surface area contributed by atoms with Crippen LogP contribution in [-0.4, -0.2) is 48.3 Å². The number of ether oxygens (including phenoxy) is 2. The number of ketones is 1. The SMILES string of the molecule is CC(C)CC(=O)Nc1ccc(C(=O)CN2C(=O)N[C@](C)(c3ccc4c(c3)OCCO4)C2=O)cc1. The number of rotatable bonds is 7. The highest BCUT2D eigenvalue weighted by molar-refractivity contribution is 6.11. The average molecular weight is 466 g/mol. The molecule has 2 heterocycles. The fourth-order valence-corrected chi connectivity index (χ4v) is 3.95. The minimum absolute atomic E-state index is 0.105. The third kappa shape index (κ3) is 4.59. The standard InChI is InChI=1S/C25H27N3O6/c1-15(2)12-22(30)26-18-7-4-16(5-8-18)19(29)14-28-23(31)25(3,27-24(28)32)17-6-9-20-21(13-17)34-11-10-33-20/h4-9,13,15H,10-12,14H2,1-3H3,(H,26,30)(H,27,32)/t25-/m1/s1. The predicted octanol–water partition coefficient (Wildman–Crippen LogP) is 3.09. The monoisotopic (exact) mass is 465 g/mol. The van der Waals surface area contributed by atoms with E-state index in [1.54, 1.807) is 49.4 Å². The lowest BCUT2D eigenvalue weighted by molar-refractivity contribution is -0.130. The zero-order valence-electron chi connectivity index (χ0n) is 19.3. The molecule has 178 valence electrons. The quantitative estimate of drug-likeness (QED) is 0.480. The van der Waals surface area contributed by atoms with Crippen molar-refractivity contribution in [3.8, 4) is 11.5 Å². The van der Waals surface area contributed by atoms with Crippen LogP contribution in [0.1, 0.15) is 43.1 Å². The number of nitrogens with one attached hydrogen (secondary N) is 2. The third-order valence-corrected chi connectivity index (χ3v) is 5.78. The molecule has 2 N–H and O–H groups in total. The van der Waals surface area contributed by atoms with E-state index in [1.807, 2.05) is 13.8 Å². The van der Waals surface area contributed by atoms with Crippen LogP contribution < -0.4 is 20.1 Å². The van der Waals surface area contributed by atoms with Gasteiger partial charge in [-0.3, -0.25) is 19.3 Å². The fourth-order valence-electron chi connectivity index (χ4n) is 3.95. The number of carbonyl (C=O) groups is 4. The Morgan fingerprint density at radius 2 is 1.74 bits per heavy atom. The second-order valence-electron chi connectivity index (χ2n) is 8.95. The average Bonchev–Trinajstić information content (AvgIpc) is 3.02. The number of fused-ring (bicyclic) bond motifs is 1. The number of amides is 4. The van der Waals surface area contributed by atoms with E-state index in [-0.39, 0.29) is 11.8 Å². The summed E-state index contributed by atoms with van der Waals surface area (Å²) in [6.45, 7) is 5.95. The molecule has 2 aliphatic heterocycles. The van der Waals surface area contributed by atoms with Gasteiger partial charge in [-0.15, -0.1) is 0 Å². The molecule has 1 saturated heterocycles. The molecule has 0 bridgehead atoms. The number of nitrogens with zero attached hydrogens (tertiary/aromatic N) is 1. The Hall–Kier alpha value is -3.88. The molecule has 9 nitrogen and oxygen atoms in total. The second-order valence-corrected chi connectivity index (χ2v) is 8.95. The largest absolute Gasteiger partial charge is 0.486 e. The molecular weight excluding hydrogens is 438 g/mol. The Morgan fingerprint density at radius 3 is 2.41 bits per heavy atom. The number of Topliss-reactive ketones (excluding diaryl/α,β-unsaturated/α-hetero) is 1. The van der Waals surface area contributed by atoms with Gasteiger partial charge in [-0.2, -0.15) is 0 Å². The Morgan fingerprint density at radius 1 is 1.06 bits per heavy atom. The molecule has 2 aliphatic rings. The molecule has 0 aliphatic carbocycles. The van der Waals surface area contributed by atoms with Gasteiger partial charge in [-0.25, -0.2) is 4.79 Å². The smallest absolute Gasteiger partial charge is 0.325 e. The maximum atomic E-state index is 13.2. The number of imide groups is 1. The number of urea groups is 1. The summed E-state index contributed by atoms with van der Waals surface area (Å²) < 4.78 is 11.1. The van der Waals surface area contributed by atoms with Crippen LogP contribution in [0.4, 0.5) is 10.5 Å². The zero-order valence-corrected chi connectivity index (χ0v) is 19.3. The van der Waals surface area contributed by atoms with Crippen molar-refractivity contribution >= 4 is 29.3 Å². The van der Waals surface area contributed by atoms with Crippen molar-refractivity contribution in [2.75, 3.05) is 25.1 Å². The van der Waals surface area contributed by atoms with Crippen LogP contribution in [0.5, 0.6) is 11.5 Å². The van der Waals surface area contributed by atoms with Crippen LogP contribution >= 0.6 is 0 Å². The molecule has 1 fully saturated rings. The van der Waals surface area contributed by atoms with Gasteiger partial charge in [0.1, 0.15) is 18.8 Å². The lowest BCUT2D eigenvalue weighted by Gasteiger charge is -2.25. The minimum atomic E-state index is -1.34. The Kier molecular flexibility index (Phi) is 6.28. The molecule has 4 rings (SSSR count). The maximum Gasteiger partial charge on any atom is 0.325 e. The summed E-state index contributed by atoms with van der Waals surface area (Å²) in [5.41, 5.74) is 0.0999. The van der Waals surface area contributed by atoms with Crippen molar-refractivity contribution in [1.82, 2.24) is 10.2 Å². The summed E-state index contributed by atoms with van der Waals surface area (Å²) in [4.78, 5) is 51.5. The zero-order chi connectivity index (χ0) is 24.5. The first-order chi connectivity index (χ1) is 16.2. The summed E-state index contributed by atoms with van der Waals surface area (Å²) >= 11 is 0. The third-order valence-electron chi connectivity index (χ3n) is 5.78. The highest BCUT2D eigenvalue weighted by atomic mass is 16.6. The molecule has 2 aromatic carbocycles. The van der Waals surface area contributed by atoms with Gasteiger partial charge >= 0.3 is 6.03 Å². The molecule has 9 heteroatoms. The van der Waals surface area contributed by atoms with E-state index >= 15 is 0 Å². The number of benzene rings is 2. The molecule has 34 heavy (non-hydrogen) atoms. The van der Waals surface area contributed by atoms with E-state index in [4.69, 9.17) is 9.47 Å². The molecule has 0 spiro atoms. The molecule has 0 aromatic heterocycles. The lowest BCUT2D eigenvalue weighted by atomic mass is 9.91. The van der Waals surface area contributed by atoms with Crippen LogP contribution in [0.2, 0.25) is 0 Å². The van der Waals surface area contributed by atoms with Crippen LogP contribution in [-0.2, 0) is 15.1 Å². The van der Waals surface area contributed by atoms with Gasteiger partial charge in [0, 0.05) is 17.7 Å². The first-order valence-corrected chi connectivity index (χ1v) is 11.1. The van der Waals surface area contributed by atoms with Gasteiger partial charge in [-0.1, -0.05) is 19.9 Å². The number of hydrogen-bond acceptors (Lipinski definition) is 6. The summed E-state index contributed by atoms with van der Waals surface area (Å²) in [7, 11) is 0. The van der Waals surface area contributed by atoms with E-state index in [2.05, 4.69) is 10.6 Å². The molecule has 2 aromatic rings. The number of anilines is 1. The van der Waals surface area contributed by atoms with E-state index in [0.29, 0.717) is 47.9 Å². The Bertz CT molecular complexity index is 1140. The summed E-state index contributed by atoms with van der Waals surface area (Å²) in [5.74, 6) is 0.285. The van der Waals surface area contributed by atoms with Crippen molar-refractivity contribution in [1.29, 1.82) is 0 Å². The predicted molar refractivity (Wildman–Crippen MR) is 124 cm³/mol. The van der Waals surface area contributed by atoms with Crippen molar-refractivity contribution in [2.24, 2.45) is 5.92 Å². The Balaban J connectivity index is 1.45. The Labute approximate surface area is 197 Å². The summed E-state index contributed by atoms with van der Waals surface area (Å²) in [6, 6.07) is 10.8. The molecule has 1 atom stereocenters. The van der Waals surface area contributed by atoms with E-state index in [0.717, 1.165) is 4.90 Å². The van der Waals surface area contributed by atoms with Gasteiger partial charge < -0.3 is 20.1 Å². The first kappa shape index (κ1) is 23.3. The van der Waals surface area contributed by atoms with Crippen molar-refractivity contribution < 1.29 is 28.7 Å². The van der Waals surface area contributed by atoms with E-state index in [9.17, 15) is 19.2 Å². The molecule has 0 saturated carbocycles. The molecule has 0 unspecified atom stereocenters. The maximum absolute atomic E-state index is 13.2. The normalized spacial score (nSPS) is 19.2. The van der Waals surface area contributed by atoms with Gasteiger partial charge in [0.2, 0.25) is 5.91 Å². The van der Waals surface area contributed by atoms with Crippen molar-refractivity contribution in [2.45, 2.75) is 32.7 Å².